The molecular formula is C40H50O6. The molecule has 2 saturated carbocycles. The van der Waals surface area contributed by atoms with Crippen molar-refractivity contribution in [3.8, 4) is 23.0 Å². The Labute approximate surface area is 273 Å². The molecule has 2 fully saturated rings. The van der Waals surface area contributed by atoms with Gasteiger partial charge in [-0.05, 0) is 65.7 Å². The lowest BCUT2D eigenvalue weighted by Crippen LogP contribution is -2.49. The van der Waals surface area contributed by atoms with E-state index in [0.717, 1.165) is 41.5 Å². The van der Waals surface area contributed by atoms with E-state index in [1.54, 1.807) is 0 Å². The summed E-state index contributed by atoms with van der Waals surface area (Å²) in [4.78, 5) is 13.3. The SMILES string of the molecule is C[C@@H](CO)c1cc2c(c(O)c1Oc1c3c(cc4c1OC[C@@H]4C)C=C[C@H]1C(C)(C)CCC[C@]1(O)C3)CC1C(=O)CCC(C)(C)[C@@H]1C=C2. The molecule has 7 rings (SSSR count). The maximum Gasteiger partial charge on any atom is 0.173 e. The highest BCUT2D eigenvalue weighted by Crippen LogP contribution is 2.56. The molecule has 6 heteroatoms. The van der Waals surface area contributed by atoms with E-state index < -0.39 is 5.60 Å². The molecule has 6 atom stereocenters. The van der Waals surface area contributed by atoms with Crippen LogP contribution in [0.5, 0.6) is 23.0 Å². The minimum absolute atomic E-state index is 0.00920. The van der Waals surface area contributed by atoms with Crippen LogP contribution in [0.15, 0.2) is 24.3 Å². The number of hydrogen-bond donors (Lipinski definition) is 3. The number of phenols is 1. The second-order valence-electron chi connectivity index (χ2n) is 16.4. The zero-order chi connectivity index (χ0) is 32.8. The van der Waals surface area contributed by atoms with Crippen molar-refractivity contribution in [1.82, 2.24) is 0 Å². The van der Waals surface area contributed by atoms with Crippen LogP contribution in [-0.4, -0.2) is 39.9 Å². The van der Waals surface area contributed by atoms with Gasteiger partial charge in [-0.15, -0.1) is 0 Å². The predicted molar refractivity (Wildman–Crippen MR) is 181 cm³/mol. The number of ketones is 1. The third-order valence-electron chi connectivity index (χ3n) is 12.3. The first-order chi connectivity index (χ1) is 21.7. The number of Topliss-reactive ketones (excluding diaryl/α,β-unsaturated/α-hetero) is 1. The van der Waals surface area contributed by atoms with Crippen LogP contribution in [0.3, 0.4) is 0 Å². The van der Waals surface area contributed by atoms with Crippen molar-refractivity contribution in [2.24, 2.45) is 28.6 Å². The molecule has 1 heterocycles. The second-order valence-corrected chi connectivity index (χ2v) is 16.4. The van der Waals surface area contributed by atoms with Crippen molar-refractivity contribution < 1.29 is 29.6 Å². The normalized spacial score (nSPS) is 30.9. The van der Waals surface area contributed by atoms with Crippen LogP contribution in [0.2, 0.25) is 0 Å². The maximum atomic E-state index is 13.3. The number of allylic oxidation sites excluding steroid dienone is 1. The van der Waals surface area contributed by atoms with Crippen LogP contribution in [0.4, 0.5) is 0 Å². The summed E-state index contributed by atoms with van der Waals surface area (Å²) in [5.74, 6) is 1.47. The van der Waals surface area contributed by atoms with Crippen molar-refractivity contribution in [2.75, 3.05) is 13.2 Å². The molecule has 0 spiro atoms. The fourth-order valence-electron chi connectivity index (χ4n) is 9.38. The monoisotopic (exact) mass is 626 g/mol. The highest BCUT2D eigenvalue weighted by atomic mass is 16.5. The number of rotatable bonds is 4. The second kappa shape index (κ2) is 11.0. The summed E-state index contributed by atoms with van der Waals surface area (Å²) in [6.45, 7) is 13.4. The lowest BCUT2D eigenvalue weighted by molar-refractivity contribution is -0.129. The Morgan fingerprint density at radius 3 is 2.50 bits per heavy atom. The number of fused-ring (bicyclic) bond motifs is 5. The van der Waals surface area contributed by atoms with E-state index in [0.29, 0.717) is 60.7 Å². The summed E-state index contributed by atoms with van der Waals surface area (Å²) >= 11 is 0. The Hall–Kier alpha value is -3.09. The van der Waals surface area contributed by atoms with E-state index >= 15 is 0 Å². The number of hydrogen-bond acceptors (Lipinski definition) is 6. The lowest BCUT2D eigenvalue weighted by Gasteiger charge is -2.48. The Morgan fingerprint density at radius 2 is 1.74 bits per heavy atom. The summed E-state index contributed by atoms with van der Waals surface area (Å²) in [6.07, 6.45) is 13.5. The largest absolute Gasteiger partial charge is 0.504 e. The summed E-state index contributed by atoms with van der Waals surface area (Å²) in [6, 6.07) is 4.21. The van der Waals surface area contributed by atoms with Crippen molar-refractivity contribution >= 4 is 17.9 Å². The standard InChI is InChI=1S/C40H50O6/c1-22(20-41)26-16-24-8-10-31-29(32(42)12-15-38(31,3)4)18-28(24)34(43)35(26)46-37-30-19-40(44)14-7-13-39(5,6)33(40)11-9-25(30)17-27-23(2)21-45-36(27)37/h8-11,16-17,22-23,29,31,33,41,43-44H,7,12-15,18-21H2,1-6H3/t22-,23-,29?,31+,33-,40-/m0/s1. The number of aliphatic hydroxyl groups is 2. The summed E-state index contributed by atoms with van der Waals surface area (Å²) in [5.41, 5.74) is 4.22. The molecule has 1 unspecified atom stereocenters. The van der Waals surface area contributed by atoms with E-state index in [1.807, 2.05) is 13.0 Å². The van der Waals surface area contributed by atoms with E-state index in [9.17, 15) is 20.1 Å². The molecule has 3 N–H and O–H groups in total. The van der Waals surface area contributed by atoms with Crippen LogP contribution >= 0.6 is 0 Å². The van der Waals surface area contributed by atoms with Gasteiger partial charge in [0, 0.05) is 65.4 Å². The van der Waals surface area contributed by atoms with Crippen LogP contribution in [0.1, 0.15) is 119 Å². The molecule has 0 saturated heterocycles. The molecule has 2 aromatic rings. The molecule has 6 nitrogen and oxygen atoms in total. The van der Waals surface area contributed by atoms with Crippen molar-refractivity contribution in [1.29, 1.82) is 0 Å². The number of carbonyl (C=O) groups excluding carboxylic acids is 1. The molecule has 2 aromatic carbocycles. The number of phenolic OH excluding ortho intramolecular Hbond substituents is 1. The quantitative estimate of drug-likeness (QED) is 0.318. The van der Waals surface area contributed by atoms with Gasteiger partial charge in [-0.2, -0.15) is 0 Å². The maximum absolute atomic E-state index is 13.3. The zero-order valence-electron chi connectivity index (χ0n) is 28.3. The zero-order valence-corrected chi connectivity index (χ0v) is 28.3. The third kappa shape index (κ3) is 4.93. The average Bonchev–Trinajstić information content (AvgIpc) is 3.15. The highest BCUT2D eigenvalue weighted by Gasteiger charge is 2.49. The topological polar surface area (TPSA) is 96.2 Å². The minimum Gasteiger partial charge on any atom is -0.504 e. The molecule has 246 valence electrons. The van der Waals surface area contributed by atoms with Gasteiger partial charge in [0.25, 0.3) is 0 Å². The van der Waals surface area contributed by atoms with Gasteiger partial charge in [-0.3, -0.25) is 4.79 Å². The summed E-state index contributed by atoms with van der Waals surface area (Å²) in [5, 5.41) is 34.8. The Balaban J connectivity index is 1.39. The van der Waals surface area contributed by atoms with Gasteiger partial charge >= 0.3 is 0 Å². The van der Waals surface area contributed by atoms with Crippen LogP contribution in [-0.2, 0) is 17.6 Å². The number of ether oxygens (including phenoxy) is 2. The van der Waals surface area contributed by atoms with Crippen LogP contribution in [0, 0.1) is 28.6 Å². The smallest absolute Gasteiger partial charge is 0.173 e. The van der Waals surface area contributed by atoms with Gasteiger partial charge in [0.05, 0.1) is 12.2 Å². The van der Waals surface area contributed by atoms with E-state index in [-0.39, 0.29) is 58.6 Å². The van der Waals surface area contributed by atoms with Crippen molar-refractivity contribution in [2.45, 2.75) is 104 Å². The predicted octanol–water partition coefficient (Wildman–Crippen LogP) is 8.09. The molecule has 0 bridgehead atoms. The summed E-state index contributed by atoms with van der Waals surface area (Å²) in [7, 11) is 0. The van der Waals surface area contributed by atoms with Crippen LogP contribution in [0.25, 0.3) is 12.2 Å². The Kier molecular flexibility index (Phi) is 7.52. The van der Waals surface area contributed by atoms with E-state index in [2.05, 4.69) is 65.0 Å². The molecule has 5 aliphatic rings. The van der Waals surface area contributed by atoms with Crippen molar-refractivity contribution in [3.63, 3.8) is 0 Å². The van der Waals surface area contributed by atoms with Gasteiger partial charge in [-0.25, -0.2) is 0 Å². The fourth-order valence-corrected chi connectivity index (χ4v) is 9.38. The molecule has 0 radical (unpaired) electrons. The molecule has 46 heavy (non-hydrogen) atoms. The molecule has 0 aromatic heterocycles. The molecule has 1 aliphatic heterocycles. The first-order valence-corrected chi connectivity index (χ1v) is 17.4. The first-order valence-electron chi connectivity index (χ1n) is 17.4. The average molecular weight is 627 g/mol. The minimum atomic E-state index is -0.939. The number of benzene rings is 2. The van der Waals surface area contributed by atoms with Crippen molar-refractivity contribution in [3.05, 3.63) is 57.7 Å². The van der Waals surface area contributed by atoms with Gasteiger partial charge in [-0.1, -0.05) is 72.3 Å². The number of aliphatic hydroxyl groups excluding tert-OH is 1. The van der Waals surface area contributed by atoms with Gasteiger partial charge < -0.3 is 24.8 Å². The highest BCUT2D eigenvalue weighted by molar-refractivity contribution is 5.84. The number of carbonyl (C=O) groups is 1. The summed E-state index contributed by atoms with van der Waals surface area (Å²) < 4.78 is 13.3. The molecule has 4 aliphatic carbocycles. The van der Waals surface area contributed by atoms with E-state index in [1.165, 1.54) is 0 Å². The van der Waals surface area contributed by atoms with Gasteiger partial charge in [0.15, 0.2) is 23.0 Å². The first kappa shape index (κ1) is 31.5. The fraction of sp³-hybridized carbons (Fsp3) is 0.575. The van der Waals surface area contributed by atoms with E-state index in [4.69, 9.17) is 9.47 Å². The van der Waals surface area contributed by atoms with Gasteiger partial charge in [0.1, 0.15) is 5.78 Å². The Bertz CT molecular complexity index is 1650. The lowest BCUT2D eigenvalue weighted by atomic mass is 9.60. The number of aromatic hydroxyl groups is 1. The van der Waals surface area contributed by atoms with Crippen LogP contribution < -0.4 is 9.47 Å². The Morgan fingerprint density at radius 1 is 1.00 bits per heavy atom. The molecule has 0 amide bonds. The molecular weight excluding hydrogens is 576 g/mol. The third-order valence-corrected chi connectivity index (χ3v) is 12.3. The van der Waals surface area contributed by atoms with Gasteiger partial charge in [0.2, 0.25) is 0 Å².